The Morgan fingerprint density at radius 2 is 2.10 bits per heavy atom. The van der Waals surface area contributed by atoms with E-state index in [0.717, 1.165) is 18.4 Å². The lowest BCUT2D eigenvalue weighted by Crippen LogP contribution is -2.17. The zero-order valence-electron chi connectivity index (χ0n) is 11.8. The van der Waals surface area contributed by atoms with Gasteiger partial charge in [0.2, 0.25) is 10.0 Å². The van der Waals surface area contributed by atoms with Gasteiger partial charge in [0.1, 0.15) is 17.0 Å². The van der Waals surface area contributed by atoms with Gasteiger partial charge >= 0.3 is 0 Å². The van der Waals surface area contributed by atoms with E-state index < -0.39 is 10.0 Å². The predicted octanol–water partition coefficient (Wildman–Crippen LogP) is 0.551. The molecule has 0 saturated heterocycles. The van der Waals surface area contributed by atoms with Crippen molar-refractivity contribution in [3.63, 3.8) is 0 Å². The fourth-order valence-corrected chi connectivity index (χ4v) is 3.24. The number of aryl methyl sites for hydroxylation is 1. The van der Waals surface area contributed by atoms with Gasteiger partial charge in [-0.15, -0.1) is 0 Å². The van der Waals surface area contributed by atoms with E-state index in [1.807, 2.05) is 6.07 Å². The Morgan fingerprint density at radius 1 is 1.38 bits per heavy atom. The molecule has 1 fully saturated rings. The highest BCUT2D eigenvalue weighted by molar-refractivity contribution is 7.89. The molecule has 0 radical (unpaired) electrons. The van der Waals surface area contributed by atoms with Gasteiger partial charge in [-0.2, -0.15) is 5.10 Å². The smallest absolute Gasteiger partial charge is 0.241 e. The first-order chi connectivity index (χ1) is 9.87. The molecule has 1 aliphatic rings. The molecule has 1 aliphatic carbocycles. The quantitative estimate of drug-likeness (QED) is 0.889. The summed E-state index contributed by atoms with van der Waals surface area (Å²) < 4.78 is 30.1. The van der Waals surface area contributed by atoms with Crippen LogP contribution in [0.3, 0.4) is 0 Å². The lowest BCUT2D eigenvalue weighted by molar-refractivity contribution is 0.402. The van der Waals surface area contributed by atoms with Crippen LogP contribution in [-0.4, -0.2) is 30.3 Å². The molecule has 1 saturated carbocycles. The molecule has 2 aromatic rings. The summed E-state index contributed by atoms with van der Waals surface area (Å²) in [6.07, 6.45) is 3.40. The third kappa shape index (κ3) is 2.30. The van der Waals surface area contributed by atoms with Gasteiger partial charge < -0.3 is 4.74 Å². The monoisotopic (exact) mass is 308 g/mol. The van der Waals surface area contributed by atoms with Crippen LogP contribution in [0.1, 0.15) is 24.2 Å². The van der Waals surface area contributed by atoms with Crippen molar-refractivity contribution in [2.75, 3.05) is 7.11 Å². The summed E-state index contributed by atoms with van der Waals surface area (Å²) in [7, 11) is -0.633. The van der Waals surface area contributed by atoms with Crippen LogP contribution in [0.4, 0.5) is 0 Å². The van der Waals surface area contributed by atoms with Gasteiger partial charge in [0, 0.05) is 7.05 Å². The van der Waals surface area contributed by atoms with Crippen molar-refractivity contribution in [2.45, 2.75) is 23.2 Å². The molecule has 0 bridgehead atoms. The summed E-state index contributed by atoms with van der Waals surface area (Å²) in [5.74, 6) is 0.946. The lowest BCUT2D eigenvalue weighted by Gasteiger charge is -2.15. The first-order valence-corrected chi connectivity index (χ1v) is 7.99. The van der Waals surface area contributed by atoms with Crippen LogP contribution < -0.4 is 9.88 Å². The van der Waals surface area contributed by atoms with Crippen LogP contribution >= 0.6 is 0 Å². The molecule has 8 heteroatoms. The molecule has 1 heterocycles. The maximum Gasteiger partial charge on any atom is 0.241 e. The number of ether oxygens (including phenoxy) is 1. The maximum atomic E-state index is 11.7. The Balaban J connectivity index is 2.12. The number of rotatable bonds is 4. The molecule has 1 aromatic carbocycles. The molecule has 7 nitrogen and oxygen atoms in total. The fraction of sp³-hybridized carbons (Fsp3) is 0.385. The van der Waals surface area contributed by atoms with E-state index >= 15 is 0 Å². The zero-order valence-corrected chi connectivity index (χ0v) is 12.6. The normalized spacial score (nSPS) is 16.7. The first-order valence-electron chi connectivity index (χ1n) is 6.44. The van der Waals surface area contributed by atoms with Crippen molar-refractivity contribution in [3.05, 3.63) is 35.9 Å². The standard InChI is InChI=1S/C13H16N4O3S/c1-17-8-15-12(16-17)13(5-6-13)9-3-4-10(20-2)11(7-9)21(14,18)19/h3-4,7-8H,5-6H2,1-2H3,(H2,14,18,19). The second kappa shape index (κ2) is 4.54. The number of primary sulfonamides is 1. The number of nitrogens with two attached hydrogens (primary N) is 1. The Kier molecular flexibility index (Phi) is 3.03. The summed E-state index contributed by atoms with van der Waals surface area (Å²) in [5.41, 5.74) is 0.533. The Bertz CT molecular complexity index is 793. The third-order valence-corrected chi connectivity index (χ3v) is 4.73. The molecular formula is C13H16N4O3S. The average molecular weight is 308 g/mol. The van der Waals surface area contributed by atoms with E-state index in [0.29, 0.717) is 5.82 Å². The number of aromatic nitrogens is 3. The largest absolute Gasteiger partial charge is 0.495 e. The zero-order chi connectivity index (χ0) is 15.3. The lowest BCUT2D eigenvalue weighted by atomic mass is 9.95. The summed E-state index contributed by atoms with van der Waals surface area (Å²) >= 11 is 0. The van der Waals surface area contributed by atoms with Crippen molar-refractivity contribution >= 4 is 10.0 Å². The third-order valence-electron chi connectivity index (χ3n) is 3.80. The minimum atomic E-state index is -3.85. The Labute approximate surface area is 122 Å². The van der Waals surface area contributed by atoms with Crippen molar-refractivity contribution in [3.8, 4) is 5.75 Å². The van der Waals surface area contributed by atoms with Gasteiger partial charge in [0.25, 0.3) is 0 Å². The van der Waals surface area contributed by atoms with Crippen molar-refractivity contribution in [1.82, 2.24) is 14.8 Å². The summed E-state index contributed by atoms with van der Waals surface area (Å²) in [5, 5.41) is 9.61. The van der Waals surface area contributed by atoms with Crippen LogP contribution in [-0.2, 0) is 22.5 Å². The molecule has 21 heavy (non-hydrogen) atoms. The number of sulfonamides is 1. The van der Waals surface area contributed by atoms with Gasteiger partial charge in [0.15, 0.2) is 5.82 Å². The Morgan fingerprint density at radius 3 is 2.57 bits per heavy atom. The molecule has 0 aliphatic heterocycles. The average Bonchev–Trinajstić information content (AvgIpc) is 3.13. The summed E-state index contributed by atoms with van der Waals surface area (Å²) in [6, 6.07) is 5.03. The van der Waals surface area contributed by atoms with E-state index in [-0.39, 0.29) is 16.1 Å². The highest BCUT2D eigenvalue weighted by atomic mass is 32.2. The SMILES string of the molecule is COc1ccc(C2(c3ncn(C)n3)CC2)cc1S(N)(=O)=O. The number of methoxy groups -OCH3 is 1. The second-order valence-corrected chi connectivity index (χ2v) is 6.76. The van der Waals surface area contributed by atoms with Crippen LogP contribution in [0.15, 0.2) is 29.4 Å². The van der Waals surface area contributed by atoms with E-state index in [1.54, 1.807) is 30.2 Å². The van der Waals surface area contributed by atoms with Gasteiger partial charge in [-0.25, -0.2) is 18.5 Å². The summed E-state index contributed by atoms with van der Waals surface area (Å²) in [4.78, 5) is 4.29. The van der Waals surface area contributed by atoms with Gasteiger partial charge in [0.05, 0.1) is 12.5 Å². The molecule has 2 N–H and O–H groups in total. The van der Waals surface area contributed by atoms with Crippen LogP contribution in [0.25, 0.3) is 0 Å². The number of hydrogen-bond acceptors (Lipinski definition) is 5. The summed E-state index contributed by atoms with van der Waals surface area (Å²) in [6.45, 7) is 0. The van der Waals surface area contributed by atoms with Crippen molar-refractivity contribution < 1.29 is 13.2 Å². The second-order valence-electron chi connectivity index (χ2n) is 5.23. The highest BCUT2D eigenvalue weighted by Gasteiger charge is 2.49. The van der Waals surface area contributed by atoms with Crippen LogP contribution in [0, 0.1) is 0 Å². The van der Waals surface area contributed by atoms with E-state index in [2.05, 4.69) is 10.1 Å². The van der Waals surface area contributed by atoms with E-state index in [9.17, 15) is 8.42 Å². The highest BCUT2D eigenvalue weighted by Crippen LogP contribution is 2.52. The van der Waals surface area contributed by atoms with Gasteiger partial charge in [-0.3, -0.25) is 4.68 Å². The van der Waals surface area contributed by atoms with Crippen LogP contribution in [0.5, 0.6) is 5.75 Å². The predicted molar refractivity (Wildman–Crippen MR) is 75.4 cm³/mol. The molecule has 0 unspecified atom stereocenters. The van der Waals surface area contributed by atoms with Gasteiger partial charge in [-0.1, -0.05) is 6.07 Å². The maximum absolute atomic E-state index is 11.7. The first kappa shape index (κ1) is 14.0. The van der Waals surface area contributed by atoms with Crippen LogP contribution in [0.2, 0.25) is 0 Å². The minimum absolute atomic E-state index is 0.00953. The Hall–Kier alpha value is -1.93. The van der Waals surface area contributed by atoms with Crippen molar-refractivity contribution in [2.24, 2.45) is 12.2 Å². The number of nitrogens with zero attached hydrogens (tertiary/aromatic N) is 3. The van der Waals surface area contributed by atoms with E-state index in [1.165, 1.54) is 7.11 Å². The van der Waals surface area contributed by atoms with Gasteiger partial charge in [-0.05, 0) is 30.5 Å². The van der Waals surface area contributed by atoms with E-state index in [4.69, 9.17) is 9.88 Å². The van der Waals surface area contributed by atoms with Crippen molar-refractivity contribution in [1.29, 1.82) is 0 Å². The fourth-order valence-electron chi connectivity index (χ4n) is 2.52. The molecule has 1 aromatic heterocycles. The molecule has 0 spiro atoms. The number of benzene rings is 1. The molecule has 3 rings (SSSR count). The number of hydrogen-bond donors (Lipinski definition) is 1. The topological polar surface area (TPSA) is 100 Å². The molecule has 0 atom stereocenters. The minimum Gasteiger partial charge on any atom is -0.495 e. The molecular weight excluding hydrogens is 292 g/mol. The molecule has 112 valence electrons. The molecule has 0 amide bonds.